The van der Waals surface area contributed by atoms with Crippen molar-refractivity contribution in [1.29, 1.82) is 0 Å². The maximum Gasteiger partial charge on any atom is 0.262 e. The summed E-state index contributed by atoms with van der Waals surface area (Å²) in [5.41, 5.74) is 6.49. The van der Waals surface area contributed by atoms with Crippen LogP contribution in [0, 0.1) is 0 Å². The van der Waals surface area contributed by atoms with Crippen molar-refractivity contribution in [2.75, 3.05) is 13.1 Å². The summed E-state index contributed by atoms with van der Waals surface area (Å²) in [5.74, 6) is 0.342. The zero-order chi connectivity index (χ0) is 18.0. The van der Waals surface area contributed by atoms with E-state index in [0.717, 1.165) is 48.4 Å². The lowest BCUT2D eigenvalue weighted by Gasteiger charge is -2.20. The van der Waals surface area contributed by atoms with Gasteiger partial charge in [0.05, 0.1) is 11.9 Å². The molecule has 1 aliphatic carbocycles. The van der Waals surface area contributed by atoms with Crippen LogP contribution in [-0.4, -0.2) is 33.4 Å². The van der Waals surface area contributed by atoms with Crippen LogP contribution in [0.3, 0.4) is 0 Å². The minimum Gasteiger partial charge on any atom is -0.370 e. The van der Waals surface area contributed by atoms with Crippen LogP contribution in [-0.2, 0) is 30.7 Å². The molecule has 0 bridgehead atoms. The maximum absolute atomic E-state index is 13.2. The molecule has 0 fully saturated rings. The molecule has 136 valence electrons. The Hall–Kier alpha value is -1.73. The highest BCUT2D eigenvalue weighted by Crippen LogP contribution is 2.33. The molecule has 0 unspecified atom stereocenters. The fourth-order valence-electron chi connectivity index (χ4n) is 3.50. The number of primary amides is 1. The predicted octanol–water partition coefficient (Wildman–Crippen LogP) is 2.05. The van der Waals surface area contributed by atoms with E-state index in [4.69, 9.17) is 10.7 Å². The number of nitrogens with zero attached hydrogens (tertiary/aromatic N) is 3. The van der Waals surface area contributed by atoms with Gasteiger partial charge in [-0.05, 0) is 44.3 Å². The van der Waals surface area contributed by atoms with E-state index in [1.165, 1.54) is 16.9 Å². The first kappa shape index (κ1) is 18.1. The summed E-state index contributed by atoms with van der Waals surface area (Å²) in [4.78, 5) is 33.7. The number of rotatable bonds is 7. The summed E-state index contributed by atoms with van der Waals surface area (Å²) in [6.45, 7) is 6.88. The molecule has 0 saturated carbocycles. The van der Waals surface area contributed by atoms with Gasteiger partial charge in [-0.25, -0.2) is 4.98 Å². The van der Waals surface area contributed by atoms with Crippen LogP contribution in [0.15, 0.2) is 4.79 Å². The number of hydrogen-bond acceptors (Lipinski definition) is 5. The highest BCUT2D eigenvalue weighted by atomic mass is 32.1. The van der Waals surface area contributed by atoms with Gasteiger partial charge >= 0.3 is 0 Å². The molecule has 0 spiro atoms. The van der Waals surface area contributed by atoms with Gasteiger partial charge in [0, 0.05) is 17.8 Å². The van der Waals surface area contributed by atoms with Crippen molar-refractivity contribution in [3.05, 3.63) is 26.6 Å². The van der Waals surface area contributed by atoms with Gasteiger partial charge in [0.2, 0.25) is 5.91 Å². The van der Waals surface area contributed by atoms with Crippen LogP contribution >= 0.6 is 11.3 Å². The molecule has 0 radical (unpaired) electrons. The Labute approximate surface area is 151 Å². The van der Waals surface area contributed by atoms with Gasteiger partial charge < -0.3 is 5.73 Å². The van der Waals surface area contributed by atoms with E-state index in [9.17, 15) is 9.59 Å². The van der Waals surface area contributed by atoms with E-state index in [-0.39, 0.29) is 12.0 Å². The van der Waals surface area contributed by atoms with Gasteiger partial charge in [-0.2, -0.15) is 0 Å². The summed E-state index contributed by atoms with van der Waals surface area (Å²) in [6, 6.07) is 0. The minimum atomic E-state index is -0.395. The van der Waals surface area contributed by atoms with Crippen LogP contribution < -0.4 is 11.3 Å². The first-order valence-electron chi connectivity index (χ1n) is 9.09. The molecule has 0 saturated heterocycles. The zero-order valence-corrected chi connectivity index (χ0v) is 15.8. The molecule has 7 heteroatoms. The van der Waals surface area contributed by atoms with Crippen LogP contribution in [0.1, 0.15) is 49.4 Å². The number of hydrogen-bond donors (Lipinski definition) is 1. The average Bonchev–Trinajstić information content (AvgIpc) is 2.97. The van der Waals surface area contributed by atoms with Gasteiger partial charge in [0.15, 0.2) is 0 Å². The first-order chi connectivity index (χ1) is 12.0. The van der Waals surface area contributed by atoms with E-state index in [1.807, 2.05) is 0 Å². The number of fused-ring (bicyclic) bond motifs is 3. The monoisotopic (exact) mass is 362 g/mol. The first-order valence-corrected chi connectivity index (χ1v) is 9.91. The number of amides is 1. The van der Waals surface area contributed by atoms with Crippen molar-refractivity contribution in [1.82, 2.24) is 14.5 Å². The Morgan fingerprint density at radius 3 is 2.68 bits per heavy atom. The quantitative estimate of drug-likeness (QED) is 0.817. The van der Waals surface area contributed by atoms with E-state index in [0.29, 0.717) is 13.1 Å². The number of thiophene rings is 1. The fraction of sp³-hybridized carbons (Fsp3) is 0.611. The van der Waals surface area contributed by atoms with Gasteiger partial charge in [-0.15, -0.1) is 11.3 Å². The van der Waals surface area contributed by atoms with Crippen molar-refractivity contribution in [2.24, 2.45) is 5.73 Å². The standard InChI is InChI=1S/C18H26N4O2S/c1-3-21(4-2)11-15-20-17-16(12-7-5-6-8-13(12)25-17)18(24)22(15)10-9-14(19)23/h3-11H2,1-2H3,(H2,19,23). The van der Waals surface area contributed by atoms with Crippen molar-refractivity contribution in [3.63, 3.8) is 0 Å². The third-order valence-corrected chi connectivity index (χ3v) is 6.18. The molecule has 0 aromatic carbocycles. The van der Waals surface area contributed by atoms with Crippen LogP contribution in [0.5, 0.6) is 0 Å². The van der Waals surface area contributed by atoms with Gasteiger partial charge in [0.25, 0.3) is 5.56 Å². The molecule has 2 aromatic rings. The van der Waals surface area contributed by atoms with E-state index >= 15 is 0 Å². The second-order valence-corrected chi connectivity index (χ2v) is 7.64. The lowest BCUT2D eigenvalue weighted by Crippen LogP contribution is -2.32. The van der Waals surface area contributed by atoms with Crippen molar-refractivity contribution < 1.29 is 4.79 Å². The van der Waals surface area contributed by atoms with Gasteiger partial charge in [-0.1, -0.05) is 13.8 Å². The third kappa shape index (κ3) is 3.62. The summed E-state index contributed by atoms with van der Waals surface area (Å²) in [5, 5.41) is 0.771. The Morgan fingerprint density at radius 2 is 2.00 bits per heavy atom. The number of aromatic nitrogens is 2. The molecule has 25 heavy (non-hydrogen) atoms. The predicted molar refractivity (Wildman–Crippen MR) is 101 cm³/mol. The molecule has 6 nitrogen and oxygen atoms in total. The normalized spacial score (nSPS) is 14.2. The topological polar surface area (TPSA) is 81.2 Å². The van der Waals surface area contributed by atoms with E-state index in [1.54, 1.807) is 15.9 Å². The number of carbonyl (C=O) groups is 1. The smallest absolute Gasteiger partial charge is 0.262 e. The minimum absolute atomic E-state index is 0.00666. The van der Waals surface area contributed by atoms with Gasteiger partial charge in [0.1, 0.15) is 10.7 Å². The molecular weight excluding hydrogens is 336 g/mol. The lowest BCUT2D eigenvalue weighted by molar-refractivity contribution is -0.118. The fourth-order valence-corrected chi connectivity index (χ4v) is 4.77. The Balaban J connectivity index is 2.13. The SMILES string of the molecule is CCN(CC)Cc1nc2sc3c(c2c(=O)n1CCC(N)=O)CCCC3. The Bertz CT molecular complexity index is 836. The highest BCUT2D eigenvalue weighted by molar-refractivity contribution is 7.18. The third-order valence-electron chi connectivity index (χ3n) is 5.00. The number of carbonyl (C=O) groups excluding carboxylic acids is 1. The largest absolute Gasteiger partial charge is 0.370 e. The summed E-state index contributed by atoms with van der Waals surface area (Å²) >= 11 is 1.67. The summed E-state index contributed by atoms with van der Waals surface area (Å²) < 4.78 is 1.67. The molecular formula is C18H26N4O2S. The second kappa shape index (κ2) is 7.66. The van der Waals surface area contributed by atoms with Crippen molar-refractivity contribution in [2.45, 2.75) is 59.0 Å². The molecule has 2 aromatic heterocycles. The van der Waals surface area contributed by atoms with Crippen LogP contribution in [0.2, 0.25) is 0 Å². The van der Waals surface area contributed by atoms with Crippen molar-refractivity contribution in [3.8, 4) is 0 Å². The summed E-state index contributed by atoms with van der Waals surface area (Å²) in [6.07, 6.45) is 4.47. The highest BCUT2D eigenvalue weighted by Gasteiger charge is 2.22. The van der Waals surface area contributed by atoms with Crippen molar-refractivity contribution >= 4 is 27.5 Å². The van der Waals surface area contributed by atoms with Crippen LogP contribution in [0.25, 0.3) is 10.2 Å². The second-order valence-electron chi connectivity index (χ2n) is 6.55. The molecule has 0 aliphatic heterocycles. The molecule has 1 aliphatic rings. The lowest BCUT2D eigenvalue weighted by atomic mass is 9.97. The number of aryl methyl sites for hydroxylation is 2. The number of nitrogens with two attached hydrogens (primary N) is 1. The van der Waals surface area contributed by atoms with E-state index < -0.39 is 5.91 Å². The molecule has 1 amide bonds. The average molecular weight is 362 g/mol. The molecule has 3 rings (SSSR count). The van der Waals surface area contributed by atoms with Crippen LogP contribution in [0.4, 0.5) is 0 Å². The Morgan fingerprint density at radius 1 is 1.28 bits per heavy atom. The molecule has 2 heterocycles. The molecule has 2 N–H and O–H groups in total. The van der Waals surface area contributed by atoms with E-state index in [2.05, 4.69) is 18.7 Å². The van der Waals surface area contributed by atoms with Gasteiger partial charge in [-0.3, -0.25) is 19.1 Å². The zero-order valence-electron chi connectivity index (χ0n) is 15.0. The maximum atomic E-state index is 13.2. The summed E-state index contributed by atoms with van der Waals surface area (Å²) in [7, 11) is 0. The Kier molecular flexibility index (Phi) is 5.54. The molecule has 0 atom stereocenters.